The van der Waals surface area contributed by atoms with Gasteiger partial charge in [-0.05, 0) is 24.7 Å². The molecule has 1 unspecified atom stereocenters. The van der Waals surface area contributed by atoms with Gasteiger partial charge in [-0.25, -0.2) is 4.79 Å². The highest BCUT2D eigenvalue weighted by molar-refractivity contribution is 5.72. The summed E-state index contributed by atoms with van der Waals surface area (Å²) in [6, 6.07) is 5.63. The van der Waals surface area contributed by atoms with Crippen molar-refractivity contribution in [2.75, 3.05) is 13.6 Å². The molecular weight excluding hydrogens is 194 g/mol. The molecule has 5 nitrogen and oxygen atoms in total. The summed E-state index contributed by atoms with van der Waals surface area (Å²) in [7, 11) is 1.84. The number of aromatic nitrogens is 1. The fraction of sp³-hybridized carbons (Fsp3) is 0.300. The molecule has 0 radical (unpaired) electrons. The van der Waals surface area contributed by atoms with E-state index in [1.54, 1.807) is 0 Å². The summed E-state index contributed by atoms with van der Waals surface area (Å²) in [4.78, 5) is 13.5. The van der Waals surface area contributed by atoms with Gasteiger partial charge >= 0.3 is 5.76 Å². The molecule has 0 saturated carbocycles. The van der Waals surface area contributed by atoms with Gasteiger partial charge in [0.15, 0.2) is 5.58 Å². The molecule has 1 aromatic heterocycles. The first-order valence-corrected chi connectivity index (χ1v) is 4.74. The van der Waals surface area contributed by atoms with Gasteiger partial charge in [0.05, 0.1) is 5.52 Å². The van der Waals surface area contributed by atoms with E-state index in [9.17, 15) is 4.79 Å². The van der Waals surface area contributed by atoms with Crippen LogP contribution in [0.1, 0.15) is 11.6 Å². The third-order valence-electron chi connectivity index (χ3n) is 2.43. The first-order chi connectivity index (χ1) is 7.24. The Balaban J connectivity index is 2.49. The molecular formula is C10H13N3O2. The molecule has 0 amide bonds. The summed E-state index contributed by atoms with van der Waals surface area (Å²) >= 11 is 0. The summed E-state index contributed by atoms with van der Waals surface area (Å²) in [6.45, 7) is 0.497. The van der Waals surface area contributed by atoms with Gasteiger partial charge in [-0.2, -0.15) is 0 Å². The Morgan fingerprint density at radius 3 is 3.07 bits per heavy atom. The summed E-state index contributed by atoms with van der Waals surface area (Å²) in [5, 5.41) is 3.08. The maximum atomic E-state index is 10.9. The van der Waals surface area contributed by atoms with Crippen LogP contribution in [-0.4, -0.2) is 18.6 Å². The molecule has 2 rings (SSSR count). The number of nitrogens with one attached hydrogen (secondary N) is 2. The maximum Gasteiger partial charge on any atom is 0.417 e. The molecule has 0 aliphatic carbocycles. The van der Waals surface area contributed by atoms with Crippen LogP contribution in [0.5, 0.6) is 0 Å². The molecule has 0 aliphatic rings. The summed E-state index contributed by atoms with van der Waals surface area (Å²) in [5.74, 6) is -0.434. The second kappa shape index (κ2) is 3.88. The lowest BCUT2D eigenvalue weighted by Gasteiger charge is -2.13. The number of fused-ring (bicyclic) bond motifs is 1. The van der Waals surface area contributed by atoms with Crippen LogP contribution in [-0.2, 0) is 0 Å². The normalized spacial score (nSPS) is 13.2. The smallest absolute Gasteiger partial charge is 0.408 e. The average Bonchev–Trinajstić information content (AvgIpc) is 2.59. The zero-order chi connectivity index (χ0) is 10.8. The minimum atomic E-state index is -0.434. The van der Waals surface area contributed by atoms with E-state index in [0.717, 1.165) is 5.56 Å². The van der Waals surface area contributed by atoms with Crippen LogP contribution in [0, 0.1) is 0 Å². The van der Waals surface area contributed by atoms with E-state index < -0.39 is 5.76 Å². The number of benzene rings is 1. The molecule has 0 aliphatic heterocycles. The van der Waals surface area contributed by atoms with Crippen LogP contribution < -0.4 is 16.8 Å². The highest BCUT2D eigenvalue weighted by Gasteiger charge is 2.09. The Bertz CT molecular complexity index is 511. The fourth-order valence-electron chi connectivity index (χ4n) is 1.60. The summed E-state index contributed by atoms with van der Waals surface area (Å²) in [6.07, 6.45) is 0. The molecule has 1 aromatic carbocycles. The third kappa shape index (κ3) is 1.79. The monoisotopic (exact) mass is 207 g/mol. The molecule has 1 atom stereocenters. The first kappa shape index (κ1) is 9.95. The van der Waals surface area contributed by atoms with Crippen molar-refractivity contribution < 1.29 is 4.42 Å². The topological polar surface area (TPSA) is 84.0 Å². The minimum absolute atomic E-state index is 0.0783. The van der Waals surface area contributed by atoms with Crippen molar-refractivity contribution in [1.29, 1.82) is 0 Å². The number of nitrogens with two attached hydrogens (primary N) is 1. The van der Waals surface area contributed by atoms with Gasteiger partial charge < -0.3 is 15.5 Å². The van der Waals surface area contributed by atoms with E-state index >= 15 is 0 Å². The van der Waals surface area contributed by atoms with E-state index in [-0.39, 0.29) is 6.04 Å². The quantitative estimate of drug-likeness (QED) is 0.677. The van der Waals surface area contributed by atoms with Crippen molar-refractivity contribution in [2.45, 2.75) is 6.04 Å². The van der Waals surface area contributed by atoms with Gasteiger partial charge in [0, 0.05) is 12.6 Å². The summed E-state index contributed by atoms with van der Waals surface area (Å²) in [5.41, 5.74) is 7.88. The Kier molecular flexibility index (Phi) is 2.57. The molecule has 15 heavy (non-hydrogen) atoms. The molecule has 0 fully saturated rings. The van der Waals surface area contributed by atoms with E-state index in [2.05, 4.69) is 10.3 Å². The average molecular weight is 207 g/mol. The van der Waals surface area contributed by atoms with Gasteiger partial charge in [0.25, 0.3) is 0 Å². The van der Waals surface area contributed by atoms with Crippen molar-refractivity contribution in [3.8, 4) is 0 Å². The van der Waals surface area contributed by atoms with Gasteiger partial charge in [-0.15, -0.1) is 0 Å². The minimum Gasteiger partial charge on any atom is -0.408 e. The lowest BCUT2D eigenvalue weighted by Crippen LogP contribution is -2.24. The standard InChI is InChI=1S/C10H13N3O2/c1-12-8(5-11)6-2-3-7-9(4-6)15-10(14)13-7/h2-4,8,12H,5,11H2,1H3,(H,13,14). The number of H-pyrrole nitrogens is 1. The number of aromatic amines is 1. The third-order valence-corrected chi connectivity index (χ3v) is 2.43. The Labute approximate surface area is 86.3 Å². The largest absolute Gasteiger partial charge is 0.417 e. The second-order valence-corrected chi connectivity index (χ2v) is 3.35. The molecule has 4 N–H and O–H groups in total. The SMILES string of the molecule is CNC(CN)c1ccc2[nH]c(=O)oc2c1. The van der Waals surface area contributed by atoms with Crippen molar-refractivity contribution >= 4 is 11.1 Å². The Morgan fingerprint density at radius 2 is 2.40 bits per heavy atom. The van der Waals surface area contributed by atoms with Gasteiger partial charge in [0.2, 0.25) is 0 Å². The molecule has 1 heterocycles. The highest BCUT2D eigenvalue weighted by atomic mass is 16.4. The highest BCUT2D eigenvalue weighted by Crippen LogP contribution is 2.17. The number of rotatable bonds is 3. The molecule has 2 aromatic rings. The van der Waals surface area contributed by atoms with Crippen molar-refractivity contribution in [2.24, 2.45) is 5.73 Å². The number of likely N-dealkylation sites (N-methyl/N-ethyl adjacent to an activating group) is 1. The lowest BCUT2D eigenvalue weighted by atomic mass is 10.1. The fourth-order valence-corrected chi connectivity index (χ4v) is 1.60. The Hall–Kier alpha value is -1.59. The van der Waals surface area contributed by atoms with Crippen LogP contribution in [0.3, 0.4) is 0 Å². The van der Waals surface area contributed by atoms with Gasteiger partial charge in [-0.3, -0.25) is 4.98 Å². The van der Waals surface area contributed by atoms with E-state index in [1.165, 1.54) is 0 Å². The molecule has 5 heteroatoms. The predicted octanol–water partition coefficient (Wildman–Crippen LogP) is 0.340. The molecule has 0 bridgehead atoms. The summed E-state index contributed by atoms with van der Waals surface area (Å²) < 4.78 is 4.97. The van der Waals surface area contributed by atoms with Gasteiger partial charge in [0.1, 0.15) is 0 Å². The van der Waals surface area contributed by atoms with Crippen LogP contribution >= 0.6 is 0 Å². The number of hydrogen-bond acceptors (Lipinski definition) is 4. The molecule has 80 valence electrons. The van der Waals surface area contributed by atoms with Crippen LogP contribution in [0.4, 0.5) is 0 Å². The van der Waals surface area contributed by atoms with Crippen LogP contribution in [0.15, 0.2) is 27.4 Å². The molecule has 0 saturated heterocycles. The van der Waals surface area contributed by atoms with Crippen LogP contribution in [0.2, 0.25) is 0 Å². The number of oxazole rings is 1. The van der Waals surface area contributed by atoms with Crippen molar-refractivity contribution in [3.63, 3.8) is 0 Å². The van der Waals surface area contributed by atoms with Crippen LogP contribution in [0.25, 0.3) is 11.1 Å². The zero-order valence-electron chi connectivity index (χ0n) is 8.41. The maximum absolute atomic E-state index is 10.9. The predicted molar refractivity (Wildman–Crippen MR) is 57.7 cm³/mol. The molecule has 0 spiro atoms. The van der Waals surface area contributed by atoms with E-state index in [4.69, 9.17) is 10.2 Å². The van der Waals surface area contributed by atoms with E-state index in [1.807, 2.05) is 25.2 Å². The zero-order valence-corrected chi connectivity index (χ0v) is 8.41. The lowest BCUT2D eigenvalue weighted by molar-refractivity contribution is 0.552. The second-order valence-electron chi connectivity index (χ2n) is 3.35. The van der Waals surface area contributed by atoms with Gasteiger partial charge in [-0.1, -0.05) is 6.07 Å². The van der Waals surface area contributed by atoms with Crippen molar-refractivity contribution in [3.05, 3.63) is 34.3 Å². The van der Waals surface area contributed by atoms with Crippen molar-refractivity contribution in [1.82, 2.24) is 10.3 Å². The Morgan fingerprint density at radius 1 is 1.60 bits per heavy atom. The number of hydrogen-bond donors (Lipinski definition) is 3. The first-order valence-electron chi connectivity index (χ1n) is 4.74. The van der Waals surface area contributed by atoms with E-state index in [0.29, 0.717) is 17.6 Å².